The molecule has 2 unspecified atom stereocenters. The van der Waals surface area contributed by atoms with Crippen molar-refractivity contribution in [3.05, 3.63) is 29.8 Å². The first kappa shape index (κ1) is 12.4. The van der Waals surface area contributed by atoms with Crippen LogP contribution in [0.15, 0.2) is 24.3 Å². The molecule has 1 aliphatic carbocycles. The van der Waals surface area contributed by atoms with E-state index in [0.717, 1.165) is 29.6 Å². The van der Waals surface area contributed by atoms with Gasteiger partial charge in [0.15, 0.2) is 0 Å². The summed E-state index contributed by atoms with van der Waals surface area (Å²) in [5, 5.41) is 3.50. The molecule has 2 rings (SSSR count). The second kappa shape index (κ2) is 5.50. The maximum Gasteiger partial charge on any atom is 0.103 e. The average Bonchev–Trinajstić information content (AvgIpc) is 2.73. The molecule has 1 saturated carbocycles. The van der Waals surface area contributed by atoms with E-state index in [1.54, 1.807) is 0 Å². The van der Waals surface area contributed by atoms with Gasteiger partial charge in [-0.2, -0.15) is 0 Å². The summed E-state index contributed by atoms with van der Waals surface area (Å²) in [5.74, 6) is 1.68. The zero-order valence-corrected chi connectivity index (χ0v) is 11.1. The highest BCUT2D eigenvalue weighted by Crippen LogP contribution is 2.31. The van der Waals surface area contributed by atoms with Crippen LogP contribution in [-0.4, -0.2) is 11.5 Å². The molecule has 0 saturated heterocycles. The van der Waals surface area contributed by atoms with Gasteiger partial charge in [-0.05, 0) is 42.5 Å². The fourth-order valence-corrected chi connectivity index (χ4v) is 2.66. The van der Waals surface area contributed by atoms with E-state index in [4.69, 9.17) is 18.0 Å². The Bertz CT molecular complexity index is 386. The van der Waals surface area contributed by atoms with Gasteiger partial charge in [-0.1, -0.05) is 32.0 Å². The van der Waals surface area contributed by atoms with Crippen LogP contribution in [0.25, 0.3) is 0 Å². The second-order valence-electron chi connectivity index (χ2n) is 4.99. The van der Waals surface area contributed by atoms with Gasteiger partial charge in [0, 0.05) is 17.8 Å². The summed E-state index contributed by atoms with van der Waals surface area (Å²) in [6, 6.07) is 8.05. The number of thiocarbonyl (C=S) groups is 1. The summed E-state index contributed by atoms with van der Waals surface area (Å²) in [6.45, 7) is 3.43. The second-order valence-corrected chi connectivity index (χ2v) is 5.43. The first-order valence-corrected chi connectivity index (χ1v) is 6.71. The Labute approximate surface area is 109 Å². The van der Waals surface area contributed by atoms with Crippen molar-refractivity contribution in [2.75, 3.05) is 11.9 Å². The maximum atomic E-state index is 5.57. The van der Waals surface area contributed by atoms with Crippen LogP contribution in [0.1, 0.15) is 31.7 Å². The first-order valence-electron chi connectivity index (χ1n) is 6.30. The van der Waals surface area contributed by atoms with Crippen molar-refractivity contribution in [1.82, 2.24) is 0 Å². The third-order valence-corrected chi connectivity index (χ3v) is 4.01. The van der Waals surface area contributed by atoms with Crippen LogP contribution in [0.3, 0.4) is 0 Å². The van der Waals surface area contributed by atoms with E-state index < -0.39 is 0 Å². The van der Waals surface area contributed by atoms with Gasteiger partial charge in [-0.25, -0.2) is 0 Å². The molecule has 17 heavy (non-hydrogen) atoms. The molecule has 0 spiro atoms. The zero-order chi connectivity index (χ0) is 12.3. The summed E-state index contributed by atoms with van der Waals surface area (Å²) >= 11 is 4.93. The lowest BCUT2D eigenvalue weighted by Crippen LogP contribution is -2.16. The SMILES string of the molecule is CC1CCCC1CNc1ccc(C(N)=S)cc1. The molecule has 2 atom stereocenters. The molecule has 3 N–H and O–H groups in total. The Hall–Kier alpha value is -1.09. The number of anilines is 1. The van der Waals surface area contributed by atoms with Crippen LogP contribution in [0, 0.1) is 11.8 Å². The summed E-state index contributed by atoms with van der Waals surface area (Å²) in [4.78, 5) is 0.459. The molecule has 1 aromatic carbocycles. The Kier molecular flexibility index (Phi) is 4.00. The highest BCUT2D eigenvalue weighted by molar-refractivity contribution is 7.80. The maximum absolute atomic E-state index is 5.57. The molecule has 0 radical (unpaired) electrons. The quantitative estimate of drug-likeness (QED) is 0.804. The van der Waals surface area contributed by atoms with Crippen molar-refractivity contribution >= 4 is 22.9 Å². The minimum Gasteiger partial charge on any atom is -0.389 e. The van der Waals surface area contributed by atoms with Crippen LogP contribution >= 0.6 is 12.2 Å². The summed E-state index contributed by atoms with van der Waals surface area (Å²) in [7, 11) is 0. The van der Waals surface area contributed by atoms with Crippen LogP contribution in [0.4, 0.5) is 5.69 Å². The normalized spacial score (nSPS) is 23.6. The molecule has 0 heterocycles. The van der Waals surface area contributed by atoms with Crippen molar-refractivity contribution in [2.24, 2.45) is 17.6 Å². The van der Waals surface area contributed by atoms with E-state index in [1.165, 1.54) is 19.3 Å². The van der Waals surface area contributed by atoms with E-state index in [1.807, 2.05) is 24.3 Å². The Morgan fingerprint density at radius 1 is 1.35 bits per heavy atom. The van der Waals surface area contributed by atoms with Crippen LogP contribution < -0.4 is 11.1 Å². The predicted molar refractivity (Wildman–Crippen MR) is 77.3 cm³/mol. The van der Waals surface area contributed by atoms with E-state index in [2.05, 4.69) is 12.2 Å². The van der Waals surface area contributed by atoms with Gasteiger partial charge in [0.25, 0.3) is 0 Å². The number of hydrogen-bond donors (Lipinski definition) is 2. The van der Waals surface area contributed by atoms with Gasteiger partial charge in [0.05, 0.1) is 0 Å². The molecular formula is C14H20N2S. The van der Waals surface area contributed by atoms with Crippen molar-refractivity contribution in [3.8, 4) is 0 Å². The van der Waals surface area contributed by atoms with Gasteiger partial charge < -0.3 is 11.1 Å². The molecule has 3 heteroatoms. The average molecular weight is 248 g/mol. The summed E-state index contributed by atoms with van der Waals surface area (Å²) < 4.78 is 0. The largest absolute Gasteiger partial charge is 0.389 e. The number of nitrogens with two attached hydrogens (primary N) is 1. The molecule has 1 aliphatic rings. The predicted octanol–water partition coefficient (Wildman–Crippen LogP) is 3.17. The van der Waals surface area contributed by atoms with Crippen LogP contribution in [0.5, 0.6) is 0 Å². The van der Waals surface area contributed by atoms with E-state index in [-0.39, 0.29) is 0 Å². The standard InChI is InChI=1S/C14H20N2S/c1-10-3-2-4-12(10)9-16-13-7-5-11(6-8-13)14(15)17/h5-8,10,12,16H,2-4,9H2,1H3,(H2,15,17). The highest BCUT2D eigenvalue weighted by Gasteiger charge is 2.22. The minimum absolute atomic E-state index is 0.459. The highest BCUT2D eigenvalue weighted by atomic mass is 32.1. The Balaban J connectivity index is 1.88. The van der Waals surface area contributed by atoms with Crippen LogP contribution in [-0.2, 0) is 0 Å². The Morgan fingerprint density at radius 2 is 2.06 bits per heavy atom. The lowest BCUT2D eigenvalue weighted by Gasteiger charge is -2.16. The number of rotatable bonds is 4. The number of benzene rings is 1. The van der Waals surface area contributed by atoms with Crippen molar-refractivity contribution in [1.29, 1.82) is 0 Å². The van der Waals surface area contributed by atoms with Gasteiger partial charge in [0.1, 0.15) is 4.99 Å². The van der Waals surface area contributed by atoms with Gasteiger partial charge in [0.2, 0.25) is 0 Å². The molecule has 1 aromatic rings. The van der Waals surface area contributed by atoms with E-state index in [9.17, 15) is 0 Å². The number of hydrogen-bond acceptors (Lipinski definition) is 2. The number of nitrogens with one attached hydrogen (secondary N) is 1. The Morgan fingerprint density at radius 3 is 2.59 bits per heavy atom. The van der Waals surface area contributed by atoms with Gasteiger partial charge >= 0.3 is 0 Å². The summed E-state index contributed by atoms with van der Waals surface area (Å²) in [6.07, 6.45) is 4.12. The fraction of sp³-hybridized carbons (Fsp3) is 0.500. The van der Waals surface area contributed by atoms with E-state index in [0.29, 0.717) is 4.99 Å². The van der Waals surface area contributed by atoms with Crippen molar-refractivity contribution in [3.63, 3.8) is 0 Å². The topological polar surface area (TPSA) is 38.0 Å². The fourth-order valence-electron chi connectivity index (χ4n) is 2.53. The zero-order valence-electron chi connectivity index (χ0n) is 10.3. The molecular weight excluding hydrogens is 228 g/mol. The van der Waals surface area contributed by atoms with Crippen LogP contribution in [0.2, 0.25) is 0 Å². The lowest BCUT2D eigenvalue weighted by molar-refractivity contribution is 0.439. The van der Waals surface area contributed by atoms with Gasteiger partial charge in [-0.3, -0.25) is 0 Å². The van der Waals surface area contributed by atoms with Gasteiger partial charge in [-0.15, -0.1) is 0 Å². The molecule has 0 aromatic heterocycles. The third kappa shape index (κ3) is 3.19. The van der Waals surface area contributed by atoms with Crippen molar-refractivity contribution in [2.45, 2.75) is 26.2 Å². The lowest BCUT2D eigenvalue weighted by atomic mass is 9.98. The monoisotopic (exact) mass is 248 g/mol. The smallest absolute Gasteiger partial charge is 0.103 e. The molecule has 2 nitrogen and oxygen atoms in total. The third-order valence-electron chi connectivity index (χ3n) is 3.78. The molecule has 0 aliphatic heterocycles. The van der Waals surface area contributed by atoms with Crippen molar-refractivity contribution < 1.29 is 0 Å². The minimum atomic E-state index is 0.459. The summed E-state index contributed by atoms with van der Waals surface area (Å²) in [5.41, 5.74) is 7.65. The molecule has 0 bridgehead atoms. The molecule has 0 amide bonds. The van der Waals surface area contributed by atoms with E-state index >= 15 is 0 Å². The molecule has 92 valence electrons. The molecule has 1 fully saturated rings. The first-order chi connectivity index (χ1) is 8.16.